The van der Waals surface area contributed by atoms with Crippen LogP contribution in [0.15, 0.2) is 42.5 Å². The molecule has 2 aromatic heterocycles. The van der Waals surface area contributed by atoms with E-state index in [1.807, 2.05) is 6.92 Å². The predicted molar refractivity (Wildman–Crippen MR) is 158 cm³/mol. The van der Waals surface area contributed by atoms with Gasteiger partial charge in [0, 0.05) is 44.7 Å². The zero-order chi connectivity index (χ0) is 29.4. The maximum Gasteiger partial charge on any atom is 0.270 e. The highest BCUT2D eigenvalue weighted by Gasteiger charge is 2.29. The molecule has 1 aliphatic carbocycles. The van der Waals surface area contributed by atoms with E-state index in [-0.39, 0.29) is 28.0 Å². The molecule has 6 rings (SSSR count). The Morgan fingerprint density at radius 1 is 1.05 bits per heavy atom. The third kappa shape index (κ3) is 5.53. The fourth-order valence-electron chi connectivity index (χ4n) is 6.02. The number of benzene rings is 2. The molecule has 0 bridgehead atoms. The largest absolute Gasteiger partial charge is 0.352 e. The van der Waals surface area contributed by atoms with Crippen molar-refractivity contribution >= 4 is 40.0 Å². The van der Waals surface area contributed by atoms with E-state index in [0.29, 0.717) is 37.7 Å². The Morgan fingerprint density at radius 2 is 1.76 bits per heavy atom. The number of anilines is 1. The van der Waals surface area contributed by atoms with Crippen molar-refractivity contribution in [3.63, 3.8) is 0 Å². The Kier molecular flexibility index (Phi) is 7.76. The van der Waals surface area contributed by atoms with E-state index in [1.165, 1.54) is 62.4 Å². The first-order valence-corrected chi connectivity index (χ1v) is 14.7. The van der Waals surface area contributed by atoms with E-state index < -0.39 is 4.92 Å². The van der Waals surface area contributed by atoms with Crippen LogP contribution in [0.5, 0.6) is 0 Å². The minimum atomic E-state index is -0.538. The Labute approximate surface area is 247 Å². The van der Waals surface area contributed by atoms with Crippen LogP contribution < -0.4 is 4.90 Å². The van der Waals surface area contributed by atoms with Crippen molar-refractivity contribution < 1.29 is 14.1 Å². The summed E-state index contributed by atoms with van der Waals surface area (Å²) >= 11 is 6.24. The van der Waals surface area contributed by atoms with E-state index in [1.54, 1.807) is 21.7 Å². The molecule has 2 fully saturated rings. The minimum Gasteiger partial charge on any atom is -0.352 e. The second-order valence-electron chi connectivity index (χ2n) is 11.0. The summed E-state index contributed by atoms with van der Waals surface area (Å²) in [6, 6.07) is 10.1. The highest BCUT2D eigenvalue weighted by Crippen LogP contribution is 2.33. The summed E-state index contributed by atoms with van der Waals surface area (Å²) in [5, 5.41) is 16.8. The fourth-order valence-corrected chi connectivity index (χ4v) is 6.28. The number of rotatable bonds is 6. The molecule has 1 saturated heterocycles. The molecule has 4 aromatic rings. The lowest BCUT2D eigenvalue weighted by molar-refractivity contribution is -0.384. The number of nitro groups is 1. The Hall–Kier alpha value is -4.12. The number of fused-ring (bicyclic) bond motifs is 1. The van der Waals surface area contributed by atoms with Crippen molar-refractivity contribution in [1.29, 1.82) is 0 Å². The van der Waals surface area contributed by atoms with Crippen LogP contribution in [0.2, 0.25) is 5.02 Å². The molecule has 218 valence electrons. The molecule has 10 nitrogen and oxygen atoms in total. The minimum absolute atomic E-state index is 0.0605. The van der Waals surface area contributed by atoms with Gasteiger partial charge in [0.2, 0.25) is 0 Å². The van der Waals surface area contributed by atoms with Gasteiger partial charge in [0.25, 0.3) is 11.6 Å². The molecule has 0 unspecified atom stereocenters. The maximum absolute atomic E-state index is 13.7. The number of nitro benzene ring substituents is 1. The summed E-state index contributed by atoms with van der Waals surface area (Å²) in [5.41, 5.74) is 2.26. The Morgan fingerprint density at radius 3 is 2.43 bits per heavy atom. The van der Waals surface area contributed by atoms with Gasteiger partial charge < -0.3 is 9.80 Å². The molecule has 12 heteroatoms. The van der Waals surface area contributed by atoms with Gasteiger partial charge in [-0.3, -0.25) is 14.9 Å². The van der Waals surface area contributed by atoms with E-state index in [9.17, 15) is 19.3 Å². The number of amides is 1. The van der Waals surface area contributed by atoms with E-state index in [0.717, 1.165) is 34.8 Å². The molecule has 2 aliphatic rings. The van der Waals surface area contributed by atoms with Crippen molar-refractivity contribution in [3.05, 3.63) is 80.5 Å². The van der Waals surface area contributed by atoms with Crippen LogP contribution in [0.3, 0.4) is 0 Å². The molecule has 2 aromatic carbocycles. The second-order valence-corrected chi connectivity index (χ2v) is 11.5. The van der Waals surface area contributed by atoms with E-state index in [4.69, 9.17) is 26.7 Å². The summed E-state index contributed by atoms with van der Waals surface area (Å²) < 4.78 is 15.5. The highest BCUT2D eigenvalue weighted by atomic mass is 35.5. The molecular weight excluding hydrogens is 561 g/mol. The Bertz CT molecular complexity index is 1650. The second kappa shape index (κ2) is 11.6. The third-order valence-corrected chi connectivity index (χ3v) is 8.57. The summed E-state index contributed by atoms with van der Waals surface area (Å²) in [4.78, 5) is 37.7. The van der Waals surface area contributed by atoms with Crippen LogP contribution in [-0.4, -0.2) is 61.7 Å². The number of nitrogens with zero attached hydrogens (tertiary/aromatic N) is 7. The van der Waals surface area contributed by atoms with Gasteiger partial charge in [-0.2, -0.15) is 5.10 Å². The van der Waals surface area contributed by atoms with Gasteiger partial charge in [0.1, 0.15) is 17.5 Å². The first-order chi connectivity index (χ1) is 20.3. The van der Waals surface area contributed by atoms with Gasteiger partial charge in [-0.25, -0.2) is 19.0 Å². The van der Waals surface area contributed by atoms with E-state index in [2.05, 4.69) is 4.90 Å². The van der Waals surface area contributed by atoms with Crippen molar-refractivity contribution in [2.75, 3.05) is 31.1 Å². The van der Waals surface area contributed by atoms with Crippen LogP contribution in [0.4, 0.5) is 15.9 Å². The Balaban J connectivity index is 1.30. The normalized spacial score (nSPS) is 16.3. The summed E-state index contributed by atoms with van der Waals surface area (Å²) in [5.74, 6) is 1.51. The molecule has 1 amide bonds. The van der Waals surface area contributed by atoms with Crippen molar-refractivity contribution in [2.24, 2.45) is 5.92 Å². The van der Waals surface area contributed by atoms with Crippen LogP contribution in [0.1, 0.15) is 54.0 Å². The lowest BCUT2D eigenvalue weighted by Gasteiger charge is -2.36. The van der Waals surface area contributed by atoms with Crippen molar-refractivity contribution in [1.82, 2.24) is 24.6 Å². The number of hydrogen-bond donors (Lipinski definition) is 0. The first kappa shape index (κ1) is 28.0. The lowest BCUT2D eigenvalue weighted by Crippen LogP contribution is -2.49. The van der Waals surface area contributed by atoms with Crippen LogP contribution in [0, 0.1) is 28.8 Å². The number of non-ortho nitro benzene ring substituents is 1. The molecule has 0 atom stereocenters. The van der Waals surface area contributed by atoms with Gasteiger partial charge in [-0.1, -0.05) is 43.7 Å². The third-order valence-electron chi connectivity index (χ3n) is 8.26. The highest BCUT2D eigenvalue weighted by molar-refractivity contribution is 6.34. The molecular formula is C30H31ClFN7O3. The van der Waals surface area contributed by atoms with Gasteiger partial charge >= 0.3 is 0 Å². The standard InChI is InChI=1S/C30H31ClFN7O3/c1-19-27-28(36-13-15-37(16-14-36)30(40)24-12-11-23(39(41)42)18-25(24)31)33-26(17-20-5-3-2-4-6-20)34-29(27)38(35-19)22-9-7-21(32)8-10-22/h7-12,18,20H,2-6,13-17H2,1H3. The zero-order valence-corrected chi connectivity index (χ0v) is 24.1. The number of aromatic nitrogens is 4. The van der Waals surface area contributed by atoms with E-state index >= 15 is 0 Å². The number of hydrogen-bond acceptors (Lipinski definition) is 7. The first-order valence-electron chi connectivity index (χ1n) is 14.3. The molecule has 0 N–H and O–H groups in total. The fraction of sp³-hybridized carbons (Fsp3) is 0.400. The number of halogens is 2. The predicted octanol–water partition coefficient (Wildman–Crippen LogP) is 5.91. The zero-order valence-electron chi connectivity index (χ0n) is 23.3. The summed E-state index contributed by atoms with van der Waals surface area (Å²) in [6.45, 7) is 3.85. The number of carbonyl (C=O) groups excluding carboxylic acids is 1. The van der Waals surface area contributed by atoms with Gasteiger partial charge in [-0.15, -0.1) is 0 Å². The molecule has 3 heterocycles. The molecule has 1 saturated carbocycles. The summed E-state index contributed by atoms with van der Waals surface area (Å²) in [7, 11) is 0. The van der Waals surface area contributed by atoms with Gasteiger partial charge in [0.15, 0.2) is 5.65 Å². The van der Waals surface area contributed by atoms with Crippen molar-refractivity contribution in [3.8, 4) is 5.69 Å². The average Bonchev–Trinajstić information content (AvgIpc) is 3.33. The van der Waals surface area contributed by atoms with Crippen LogP contribution in [0.25, 0.3) is 16.7 Å². The van der Waals surface area contributed by atoms with Crippen LogP contribution >= 0.6 is 11.6 Å². The number of piperazine rings is 1. The quantitative estimate of drug-likeness (QED) is 0.202. The maximum atomic E-state index is 13.7. The van der Waals surface area contributed by atoms with Crippen molar-refractivity contribution in [2.45, 2.75) is 45.4 Å². The lowest BCUT2D eigenvalue weighted by atomic mass is 9.87. The molecule has 42 heavy (non-hydrogen) atoms. The van der Waals surface area contributed by atoms with Gasteiger partial charge in [0.05, 0.1) is 32.3 Å². The monoisotopic (exact) mass is 591 g/mol. The SMILES string of the molecule is Cc1nn(-c2ccc(F)cc2)c2nc(CC3CCCCC3)nc(N3CCN(C(=O)c4ccc([N+](=O)[O-])cc4Cl)CC3)c12. The molecule has 0 spiro atoms. The van der Waals surface area contributed by atoms with Gasteiger partial charge in [-0.05, 0) is 43.2 Å². The van der Waals surface area contributed by atoms with Crippen LogP contribution in [-0.2, 0) is 6.42 Å². The smallest absolute Gasteiger partial charge is 0.270 e. The number of aryl methyl sites for hydroxylation is 1. The number of carbonyl (C=O) groups is 1. The topological polar surface area (TPSA) is 110 Å². The average molecular weight is 592 g/mol. The molecule has 1 aliphatic heterocycles. The molecule has 0 radical (unpaired) electrons. The summed E-state index contributed by atoms with van der Waals surface area (Å²) in [6.07, 6.45) is 6.83.